The van der Waals surface area contributed by atoms with Crippen molar-refractivity contribution in [2.75, 3.05) is 5.75 Å². The number of aliphatic hydroxyl groups is 1. The summed E-state index contributed by atoms with van der Waals surface area (Å²) in [6.45, 7) is 2.24. The standard InChI is InChI=1S/C35H32Cl3N5O5S/c1-21-30(20-49-34-40-41-42-43(34)28-12-14-29(45)15-13-28)47-32(48-31(21)24-10-8-22(19-44)9-11-24)27-7-3-6-26(17-27)25-5-2-4-23(16-25)18-39-33(46)35(36,37)38/h2-17,21,30-32,44-45H,18-20H2,1H3,(H,39,46)/t21-,30+,31+,32+/m1/s1. The average molecular weight is 741 g/mol. The SMILES string of the molecule is C[C@@H]1[C@H](CSc2nnnn2-c2ccc(O)cc2)O[C@H](c2cccc(-c3cccc(CNC(=O)C(Cl)(Cl)Cl)c3)c2)O[C@@H]1c1ccc(CO)cc1. The summed E-state index contributed by atoms with van der Waals surface area (Å²) in [5.74, 6) is -0.0611. The number of hydrogen-bond donors (Lipinski definition) is 3. The van der Waals surface area contributed by atoms with E-state index in [9.17, 15) is 15.0 Å². The summed E-state index contributed by atoms with van der Waals surface area (Å²) < 4.78 is 12.9. The minimum absolute atomic E-state index is 0.0463. The number of phenols is 1. The van der Waals surface area contributed by atoms with E-state index in [1.807, 2.05) is 72.8 Å². The van der Waals surface area contributed by atoms with Crippen molar-refractivity contribution >= 4 is 52.5 Å². The minimum atomic E-state index is -2.04. The molecule has 3 N–H and O–H groups in total. The van der Waals surface area contributed by atoms with E-state index in [1.54, 1.807) is 28.9 Å². The zero-order valence-corrected chi connectivity index (χ0v) is 29.2. The molecule has 0 saturated carbocycles. The van der Waals surface area contributed by atoms with Gasteiger partial charge in [-0.15, -0.1) is 5.10 Å². The van der Waals surface area contributed by atoms with E-state index < -0.39 is 16.0 Å². The van der Waals surface area contributed by atoms with Crippen LogP contribution < -0.4 is 5.32 Å². The molecule has 1 saturated heterocycles. The molecule has 1 aromatic heterocycles. The Hall–Kier alpha value is -3.68. The van der Waals surface area contributed by atoms with Crippen LogP contribution in [0.4, 0.5) is 0 Å². The van der Waals surface area contributed by atoms with Crippen LogP contribution in [-0.2, 0) is 27.4 Å². The summed E-state index contributed by atoms with van der Waals surface area (Å²) in [5, 5.41) is 34.8. The maximum atomic E-state index is 12.1. The fourth-order valence-corrected chi connectivity index (χ4v) is 6.75. The lowest BCUT2D eigenvalue weighted by molar-refractivity contribution is -0.268. The first kappa shape index (κ1) is 35.2. The maximum absolute atomic E-state index is 12.1. The molecule has 4 atom stereocenters. The number of thioether (sulfide) groups is 1. The van der Waals surface area contributed by atoms with Crippen LogP contribution >= 0.6 is 46.6 Å². The Bertz CT molecular complexity index is 1890. The first-order valence-electron chi connectivity index (χ1n) is 15.3. The maximum Gasteiger partial charge on any atom is 0.272 e. The molecule has 1 aliphatic rings. The number of amides is 1. The van der Waals surface area contributed by atoms with Crippen molar-refractivity contribution in [3.8, 4) is 22.6 Å². The number of carbonyl (C=O) groups excluding carboxylic acids is 1. The highest BCUT2D eigenvalue weighted by Gasteiger charge is 2.39. The van der Waals surface area contributed by atoms with Crippen LogP contribution in [0.15, 0.2) is 102 Å². The van der Waals surface area contributed by atoms with Crippen LogP contribution in [0.25, 0.3) is 16.8 Å². The molecule has 254 valence electrons. The predicted octanol–water partition coefficient (Wildman–Crippen LogP) is 7.10. The van der Waals surface area contributed by atoms with Crippen LogP contribution in [0.5, 0.6) is 5.75 Å². The monoisotopic (exact) mass is 739 g/mol. The lowest BCUT2D eigenvalue weighted by Crippen LogP contribution is -2.38. The van der Waals surface area contributed by atoms with Gasteiger partial charge >= 0.3 is 0 Å². The summed E-state index contributed by atoms with van der Waals surface area (Å²) >= 11 is 18.6. The van der Waals surface area contributed by atoms with Crippen molar-refractivity contribution in [1.29, 1.82) is 0 Å². The highest BCUT2D eigenvalue weighted by atomic mass is 35.6. The molecule has 0 aliphatic carbocycles. The van der Waals surface area contributed by atoms with E-state index in [1.165, 1.54) is 11.8 Å². The van der Waals surface area contributed by atoms with Gasteiger partial charge in [0.1, 0.15) is 5.75 Å². The van der Waals surface area contributed by atoms with E-state index in [2.05, 4.69) is 27.8 Å². The zero-order chi connectivity index (χ0) is 34.5. The van der Waals surface area contributed by atoms with Gasteiger partial charge in [-0.05, 0) is 74.6 Å². The number of tetrazole rings is 1. The number of phenolic OH excluding ortho intramolecular Hbond substituents is 1. The second kappa shape index (κ2) is 15.5. The van der Waals surface area contributed by atoms with E-state index in [-0.39, 0.29) is 37.0 Å². The van der Waals surface area contributed by atoms with Crippen molar-refractivity contribution < 1.29 is 24.5 Å². The normalized spacial score (nSPS) is 19.4. The molecular weight excluding hydrogens is 709 g/mol. The molecule has 6 rings (SSSR count). The summed E-state index contributed by atoms with van der Waals surface area (Å²) in [7, 11) is 0. The molecule has 1 fully saturated rings. The highest BCUT2D eigenvalue weighted by Crippen LogP contribution is 2.43. The largest absolute Gasteiger partial charge is 0.508 e. The number of nitrogens with one attached hydrogen (secondary N) is 1. The molecule has 5 aromatic rings. The van der Waals surface area contributed by atoms with Gasteiger partial charge in [-0.3, -0.25) is 4.79 Å². The highest BCUT2D eigenvalue weighted by molar-refractivity contribution is 7.99. The van der Waals surface area contributed by atoms with Crippen LogP contribution in [0.1, 0.15) is 41.6 Å². The number of ether oxygens (including phenoxy) is 2. The number of carbonyl (C=O) groups is 1. The number of aliphatic hydroxyl groups excluding tert-OH is 1. The van der Waals surface area contributed by atoms with Gasteiger partial charge < -0.3 is 25.0 Å². The number of rotatable bonds is 10. The number of hydrogen-bond acceptors (Lipinski definition) is 9. The molecule has 0 radical (unpaired) electrons. The Kier molecular flexibility index (Phi) is 11.1. The lowest BCUT2D eigenvalue weighted by atomic mass is 9.91. The van der Waals surface area contributed by atoms with Gasteiger partial charge in [-0.2, -0.15) is 4.68 Å². The number of benzene rings is 4. The topological polar surface area (TPSA) is 132 Å². The molecule has 14 heteroatoms. The van der Waals surface area contributed by atoms with E-state index in [4.69, 9.17) is 44.3 Å². The van der Waals surface area contributed by atoms with Gasteiger partial charge in [-0.25, -0.2) is 0 Å². The van der Waals surface area contributed by atoms with Gasteiger partial charge in [0, 0.05) is 23.8 Å². The van der Waals surface area contributed by atoms with Crippen molar-refractivity contribution in [3.05, 3.63) is 119 Å². The van der Waals surface area contributed by atoms with Gasteiger partial charge in [0.25, 0.3) is 9.70 Å². The summed E-state index contributed by atoms with van der Waals surface area (Å²) in [6.07, 6.45) is -1.26. The third-order valence-electron chi connectivity index (χ3n) is 8.16. The van der Waals surface area contributed by atoms with Gasteiger partial charge in [0.2, 0.25) is 5.16 Å². The third kappa shape index (κ3) is 8.56. The summed E-state index contributed by atoms with van der Waals surface area (Å²) in [6, 6.07) is 30.1. The van der Waals surface area contributed by atoms with Crippen LogP contribution in [0.3, 0.4) is 0 Å². The summed E-state index contributed by atoms with van der Waals surface area (Å²) in [4.78, 5) is 12.1. The fraction of sp³-hybridized carbons (Fsp3) is 0.257. The number of nitrogens with zero attached hydrogens (tertiary/aromatic N) is 4. The predicted molar refractivity (Wildman–Crippen MR) is 189 cm³/mol. The first-order chi connectivity index (χ1) is 23.6. The van der Waals surface area contributed by atoms with Crippen molar-refractivity contribution in [2.45, 2.75) is 47.5 Å². The Morgan fingerprint density at radius 2 is 1.63 bits per heavy atom. The van der Waals surface area contributed by atoms with E-state index in [0.29, 0.717) is 10.9 Å². The molecule has 49 heavy (non-hydrogen) atoms. The van der Waals surface area contributed by atoms with Crippen molar-refractivity contribution in [2.24, 2.45) is 5.92 Å². The van der Waals surface area contributed by atoms with Crippen LogP contribution in [0, 0.1) is 5.92 Å². The second-order valence-corrected chi connectivity index (χ2v) is 14.8. The van der Waals surface area contributed by atoms with Crippen LogP contribution in [-0.4, -0.2) is 52.0 Å². The molecule has 1 amide bonds. The molecule has 0 spiro atoms. The van der Waals surface area contributed by atoms with Gasteiger partial charge in [0.15, 0.2) is 6.29 Å². The summed E-state index contributed by atoms with van der Waals surface area (Å²) in [5.41, 5.74) is 6.04. The fourth-order valence-electron chi connectivity index (χ4n) is 5.50. The third-order valence-corrected chi connectivity index (χ3v) is 9.69. The van der Waals surface area contributed by atoms with Crippen LogP contribution in [0.2, 0.25) is 0 Å². The Morgan fingerprint density at radius 3 is 2.35 bits per heavy atom. The smallest absolute Gasteiger partial charge is 0.272 e. The number of aromatic nitrogens is 4. The molecule has 2 heterocycles. The Labute approximate surface area is 302 Å². The molecule has 1 aliphatic heterocycles. The second-order valence-electron chi connectivity index (χ2n) is 11.5. The molecule has 10 nitrogen and oxygen atoms in total. The van der Waals surface area contributed by atoms with E-state index >= 15 is 0 Å². The molecule has 0 bridgehead atoms. The van der Waals surface area contributed by atoms with Crippen molar-refractivity contribution in [1.82, 2.24) is 25.5 Å². The first-order valence-corrected chi connectivity index (χ1v) is 17.5. The Morgan fingerprint density at radius 1 is 0.918 bits per heavy atom. The van der Waals surface area contributed by atoms with Gasteiger partial charge in [0.05, 0.1) is 24.5 Å². The molecular formula is C35H32Cl3N5O5S. The quantitative estimate of drug-likeness (QED) is 0.101. The molecule has 4 aromatic carbocycles. The van der Waals surface area contributed by atoms with Crippen molar-refractivity contribution in [3.63, 3.8) is 0 Å². The Balaban J connectivity index is 1.25. The van der Waals surface area contributed by atoms with E-state index in [0.717, 1.165) is 39.1 Å². The lowest BCUT2D eigenvalue weighted by Gasteiger charge is -2.41. The zero-order valence-electron chi connectivity index (χ0n) is 26.1. The number of alkyl halides is 3. The number of aromatic hydroxyl groups is 1. The average Bonchev–Trinajstić information content (AvgIpc) is 3.59. The number of halogens is 3. The minimum Gasteiger partial charge on any atom is -0.508 e. The molecule has 0 unspecified atom stereocenters. The van der Waals surface area contributed by atoms with Gasteiger partial charge in [-0.1, -0.05) is 114 Å².